The van der Waals surface area contributed by atoms with Gasteiger partial charge in [0.2, 0.25) is 5.91 Å². The maximum atomic E-state index is 12.6. The molecule has 136 valence electrons. The van der Waals surface area contributed by atoms with Crippen molar-refractivity contribution in [1.29, 1.82) is 0 Å². The van der Waals surface area contributed by atoms with Crippen LogP contribution in [-0.2, 0) is 9.53 Å². The minimum Gasteiger partial charge on any atom is -0.376 e. The van der Waals surface area contributed by atoms with Gasteiger partial charge in [-0.1, -0.05) is 15.9 Å². The summed E-state index contributed by atoms with van der Waals surface area (Å²) in [6, 6.07) is 7.42. The van der Waals surface area contributed by atoms with Crippen LogP contribution in [0.5, 0.6) is 0 Å². The first-order valence-electron chi connectivity index (χ1n) is 8.96. The topological polar surface area (TPSA) is 49.9 Å². The Hall–Kier alpha value is -1.40. The molecule has 25 heavy (non-hydrogen) atoms. The quantitative estimate of drug-likeness (QED) is 0.769. The lowest BCUT2D eigenvalue weighted by molar-refractivity contribution is -0.137. The Labute approximate surface area is 157 Å². The van der Waals surface area contributed by atoms with E-state index in [0.29, 0.717) is 25.2 Å². The molecule has 3 rings (SSSR count). The number of ether oxygens (including phenoxy) is 1. The highest BCUT2D eigenvalue weighted by Gasteiger charge is 2.30. The van der Waals surface area contributed by atoms with Crippen LogP contribution in [-0.4, -0.2) is 61.0 Å². The summed E-state index contributed by atoms with van der Waals surface area (Å²) in [4.78, 5) is 28.8. The molecule has 1 unspecified atom stereocenters. The van der Waals surface area contributed by atoms with E-state index in [4.69, 9.17) is 4.74 Å². The van der Waals surface area contributed by atoms with Crippen LogP contribution in [0.2, 0.25) is 0 Å². The number of likely N-dealkylation sites (N-methyl/N-ethyl adjacent to an activating group) is 1. The summed E-state index contributed by atoms with van der Waals surface area (Å²) >= 11 is 3.38. The fourth-order valence-corrected chi connectivity index (χ4v) is 3.86. The second-order valence-corrected chi connectivity index (χ2v) is 7.84. The molecule has 0 N–H and O–H groups in total. The van der Waals surface area contributed by atoms with E-state index < -0.39 is 0 Å². The zero-order chi connectivity index (χ0) is 17.8. The maximum absolute atomic E-state index is 12.6. The first kappa shape index (κ1) is 18.4. The Morgan fingerprint density at radius 1 is 1.20 bits per heavy atom. The van der Waals surface area contributed by atoms with Gasteiger partial charge in [0.25, 0.3) is 5.91 Å². The average Bonchev–Trinajstić information content (AvgIpc) is 3.14. The molecule has 1 aromatic carbocycles. The lowest BCUT2D eigenvalue weighted by atomic mass is 9.94. The molecule has 1 aromatic rings. The van der Waals surface area contributed by atoms with Crippen molar-refractivity contribution in [1.82, 2.24) is 9.80 Å². The predicted octanol–water partition coefficient (Wildman–Crippen LogP) is 2.94. The number of nitrogens with zero attached hydrogens (tertiary/aromatic N) is 2. The minimum absolute atomic E-state index is 0.0142. The number of hydrogen-bond donors (Lipinski definition) is 0. The molecule has 1 atom stereocenters. The highest BCUT2D eigenvalue weighted by atomic mass is 79.9. The van der Waals surface area contributed by atoms with Crippen LogP contribution >= 0.6 is 15.9 Å². The molecule has 2 fully saturated rings. The molecular formula is C19H25BrN2O3. The molecular weight excluding hydrogens is 384 g/mol. The third kappa shape index (κ3) is 4.61. The van der Waals surface area contributed by atoms with Gasteiger partial charge in [0.1, 0.15) is 0 Å². The fraction of sp³-hybridized carbons (Fsp3) is 0.579. The van der Waals surface area contributed by atoms with Crippen molar-refractivity contribution < 1.29 is 14.3 Å². The number of carbonyl (C=O) groups excluding carboxylic acids is 2. The van der Waals surface area contributed by atoms with E-state index in [2.05, 4.69) is 15.9 Å². The molecule has 0 spiro atoms. The highest BCUT2D eigenvalue weighted by molar-refractivity contribution is 9.10. The fourth-order valence-electron chi connectivity index (χ4n) is 3.60. The number of likely N-dealkylation sites (tertiary alicyclic amines) is 1. The zero-order valence-electron chi connectivity index (χ0n) is 14.6. The smallest absolute Gasteiger partial charge is 0.253 e. The van der Waals surface area contributed by atoms with E-state index in [1.165, 1.54) is 0 Å². The zero-order valence-corrected chi connectivity index (χ0v) is 16.2. The number of piperidine rings is 1. The van der Waals surface area contributed by atoms with Crippen molar-refractivity contribution >= 4 is 27.7 Å². The van der Waals surface area contributed by atoms with Crippen LogP contribution < -0.4 is 0 Å². The van der Waals surface area contributed by atoms with Crippen LogP contribution in [0.25, 0.3) is 0 Å². The highest BCUT2D eigenvalue weighted by Crippen LogP contribution is 2.22. The summed E-state index contributed by atoms with van der Waals surface area (Å²) in [6.07, 6.45) is 3.78. The molecule has 0 bridgehead atoms. The first-order chi connectivity index (χ1) is 12.0. The van der Waals surface area contributed by atoms with Crippen molar-refractivity contribution in [3.05, 3.63) is 34.3 Å². The van der Waals surface area contributed by atoms with Crippen molar-refractivity contribution in [3.8, 4) is 0 Å². The van der Waals surface area contributed by atoms with Gasteiger partial charge in [-0.05, 0) is 49.9 Å². The molecule has 6 heteroatoms. The molecule has 2 heterocycles. The summed E-state index contributed by atoms with van der Waals surface area (Å²) < 4.78 is 6.58. The Bertz CT molecular complexity index is 606. The second kappa shape index (κ2) is 8.32. The van der Waals surface area contributed by atoms with Crippen LogP contribution in [0.15, 0.2) is 28.7 Å². The summed E-state index contributed by atoms with van der Waals surface area (Å²) in [5.74, 6) is 0.248. The summed E-state index contributed by atoms with van der Waals surface area (Å²) in [7, 11) is 1.86. The van der Waals surface area contributed by atoms with E-state index in [1.807, 2.05) is 41.1 Å². The Balaban J connectivity index is 1.49. The molecule has 2 aliphatic heterocycles. The average molecular weight is 409 g/mol. The molecule has 0 aliphatic carbocycles. The molecule has 0 radical (unpaired) electrons. The largest absolute Gasteiger partial charge is 0.376 e. The van der Waals surface area contributed by atoms with E-state index >= 15 is 0 Å². The molecule has 0 saturated carbocycles. The van der Waals surface area contributed by atoms with Gasteiger partial charge in [0.05, 0.1) is 6.10 Å². The normalized spacial score (nSPS) is 21.4. The van der Waals surface area contributed by atoms with Crippen molar-refractivity contribution in [2.45, 2.75) is 31.8 Å². The van der Waals surface area contributed by atoms with Crippen molar-refractivity contribution in [2.75, 3.05) is 33.3 Å². The number of halogens is 1. The van der Waals surface area contributed by atoms with E-state index in [9.17, 15) is 9.59 Å². The van der Waals surface area contributed by atoms with E-state index in [1.54, 1.807) is 0 Å². The SMILES string of the molecule is CN(CC1CCCO1)C(=O)C1CCN(C(=O)c2ccc(Br)cc2)CC1. The van der Waals surface area contributed by atoms with Gasteiger partial charge in [-0.15, -0.1) is 0 Å². The molecule has 2 amide bonds. The minimum atomic E-state index is 0.0142. The predicted molar refractivity (Wildman–Crippen MR) is 99.4 cm³/mol. The Kier molecular flexibility index (Phi) is 6.12. The van der Waals surface area contributed by atoms with Crippen LogP contribution in [0.1, 0.15) is 36.0 Å². The van der Waals surface area contributed by atoms with Crippen molar-refractivity contribution in [3.63, 3.8) is 0 Å². The van der Waals surface area contributed by atoms with Gasteiger partial charge in [-0.25, -0.2) is 0 Å². The summed E-state index contributed by atoms with van der Waals surface area (Å²) in [5, 5.41) is 0. The number of amides is 2. The van der Waals surface area contributed by atoms with Crippen LogP contribution in [0.3, 0.4) is 0 Å². The number of hydrogen-bond acceptors (Lipinski definition) is 3. The Morgan fingerprint density at radius 2 is 1.88 bits per heavy atom. The lowest BCUT2D eigenvalue weighted by Gasteiger charge is -2.33. The van der Waals surface area contributed by atoms with Crippen LogP contribution in [0, 0.1) is 5.92 Å². The van der Waals surface area contributed by atoms with E-state index in [0.717, 1.165) is 36.8 Å². The summed E-state index contributed by atoms with van der Waals surface area (Å²) in [6.45, 7) is 2.76. The lowest BCUT2D eigenvalue weighted by Crippen LogP contribution is -2.44. The van der Waals surface area contributed by atoms with Gasteiger partial charge >= 0.3 is 0 Å². The third-order valence-electron chi connectivity index (χ3n) is 5.10. The summed E-state index contributed by atoms with van der Waals surface area (Å²) in [5.41, 5.74) is 0.698. The Morgan fingerprint density at radius 3 is 2.48 bits per heavy atom. The number of benzene rings is 1. The van der Waals surface area contributed by atoms with Crippen molar-refractivity contribution in [2.24, 2.45) is 5.92 Å². The molecule has 2 saturated heterocycles. The van der Waals surface area contributed by atoms with Gasteiger partial charge in [-0.3, -0.25) is 9.59 Å². The van der Waals surface area contributed by atoms with Gasteiger partial charge in [0, 0.05) is 49.2 Å². The third-order valence-corrected chi connectivity index (χ3v) is 5.63. The second-order valence-electron chi connectivity index (χ2n) is 6.93. The van der Waals surface area contributed by atoms with Gasteiger partial charge in [-0.2, -0.15) is 0 Å². The molecule has 0 aromatic heterocycles. The van der Waals surface area contributed by atoms with E-state index in [-0.39, 0.29) is 23.8 Å². The van der Waals surface area contributed by atoms with Gasteiger partial charge in [0.15, 0.2) is 0 Å². The van der Waals surface area contributed by atoms with Crippen LogP contribution in [0.4, 0.5) is 0 Å². The molecule has 5 nitrogen and oxygen atoms in total. The standard InChI is InChI=1S/C19H25BrN2O3/c1-21(13-17-3-2-12-25-17)18(23)15-8-10-22(11-9-15)19(24)14-4-6-16(20)7-5-14/h4-7,15,17H,2-3,8-13H2,1H3. The monoisotopic (exact) mass is 408 g/mol. The first-order valence-corrected chi connectivity index (χ1v) is 9.75. The van der Waals surface area contributed by atoms with Gasteiger partial charge < -0.3 is 14.5 Å². The molecule has 2 aliphatic rings. The number of rotatable bonds is 4. The maximum Gasteiger partial charge on any atom is 0.253 e. The number of carbonyl (C=O) groups is 2.